The topological polar surface area (TPSA) is 48.5 Å². The van der Waals surface area contributed by atoms with Gasteiger partial charge >= 0.3 is 6.18 Å². The zero-order valence-electron chi connectivity index (χ0n) is 18.6. The molecule has 5 rings (SSSR count). The van der Waals surface area contributed by atoms with Crippen LogP contribution in [0.5, 0.6) is 0 Å². The Balaban J connectivity index is 1.14. The van der Waals surface area contributed by atoms with E-state index in [9.17, 15) is 18.0 Å². The third-order valence-corrected chi connectivity index (χ3v) is 7.45. The van der Waals surface area contributed by atoms with Crippen LogP contribution in [-0.4, -0.2) is 48.5 Å². The molecular formula is C25H29F3N4O. The van der Waals surface area contributed by atoms with E-state index < -0.39 is 11.7 Å². The summed E-state index contributed by atoms with van der Waals surface area (Å²) < 4.78 is 40.0. The first-order valence-electron chi connectivity index (χ1n) is 11.8. The third-order valence-electron chi connectivity index (χ3n) is 7.45. The molecule has 1 atom stereocenters. The number of anilines is 2. The SMILES string of the molecule is O=C1Nc2cccc3c2C1(CCCCN1CCN(c2ncccc2C(F)(F)F)CC1)CCC3. The third kappa shape index (κ3) is 4.09. The molecule has 1 fully saturated rings. The Hall–Kier alpha value is -2.61. The number of benzene rings is 1. The fraction of sp³-hybridized carbons (Fsp3) is 0.520. The lowest BCUT2D eigenvalue weighted by atomic mass is 9.68. The molecule has 1 aliphatic carbocycles. The van der Waals surface area contributed by atoms with Gasteiger partial charge in [0.15, 0.2) is 0 Å². The highest BCUT2D eigenvalue weighted by Gasteiger charge is 2.48. The number of aryl methyl sites for hydroxylation is 1. The van der Waals surface area contributed by atoms with Crippen LogP contribution in [0.15, 0.2) is 36.5 Å². The lowest BCUT2D eigenvalue weighted by Gasteiger charge is -2.36. The van der Waals surface area contributed by atoms with Crippen molar-refractivity contribution in [2.75, 3.05) is 42.9 Å². The molecule has 176 valence electrons. The summed E-state index contributed by atoms with van der Waals surface area (Å²) >= 11 is 0. The molecule has 3 heterocycles. The molecule has 1 aromatic heterocycles. The number of halogens is 3. The molecule has 8 heteroatoms. The lowest BCUT2D eigenvalue weighted by molar-refractivity contribution is -0.137. The summed E-state index contributed by atoms with van der Waals surface area (Å²) in [5, 5.41) is 3.10. The Kier molecular flexibility index (Phi) is 5.80. The van der Waals surface area contributed by atoms with E-state index in [0.29, 0.717) is 26.2 Å². The van der Waals surface area contributed by atoms with E-state index in [-0.39, 0.29) is 17.1 Å². The first-order chi connectivity index (χ1) is 15.9. The van der Waals surface area contributed by atoms with Gasteiger partial charge in [-0.2, -0.15) is 13.2 Å². The molecule has 0 saturated carbocycles. The van der Waals surface area contributed by atoms with Gasteiger partial charge in [0.05, 0.1) is 11.0 Å². The fourth-order valence-corrected chi connectivity index (χ4v) is 5.83. The maximum atomic E-state index is 13.3. The van der Waals surface area contributed by atoms with Gasteiger partial charge in [0.1, 0.15) is 5.82 Å². The Morgan fingerprint density at radius 1 is 1.06 bits per heavy atom. The zero-order valence-corrected chi connectivity index (χ0v) is 18.6. The van der Waals surface area contributed by atoms with E-state index in [0.717, 1.165) is 56.8 Å². The fourth-order valence-electron chi connectivity index (χ4n) is 5.83. The van der Waals surface area contributed by atoms with Crippen LogP contribution in [-0.2, 0) is 22.8 Å². The highest BCUT2D eigenvalue weighted by molar-refractivity contribution is 6.07. The van der Waals surface area contributed by atoms with Gasteiger partial charge in [-0.15, -0.1) is 0 Å². The highest BCUT2D eigenvalue weighted by atomic mass is 19.4. The smallest absolute Gasteiger partial charge is 0.354 e. The van der Waals surface area contributed by atoms with Gasteiger partial charge in [-0.3, -0.25) is 9.69 Å². The molecule has 5 nitrogen and oxygen atoms in total. The van der Waals surface area contributed by atoms with Crippen LogP contribution in [0.1, 0.15) is 48.8 Å². The van der Waals surface area contributed by atoms with Crippen molar-refractivity contribution < 1.29 is 18.0 Å². The number of nitrogens with one attached hydrogen (secondary N) is 1. The Morgan fingerprint density at radius 2 is 1.88 bits per heavy atom. The van der Waals surface area contributed by atoms with E-state index in [2.05, 4.69) is 21.3 Å². The largest absolute Gasteiger partial charge is 0.419 e. The van der Waals surface area contributed by atoms with Crippen molar-refractivity contribution in [3.05, 3.63) is 53.2 Å². The van der Waals surface area contributed by atoms with Crippen LogP contribution in [0.4, 0.5) is 24.7 Å². The summed E-state index contributed by atoms with van der Waals surface area (Å²) in [5.74, 6) is 0.178. The number of piperazine rings is 1. The van der Waals surface area contributed by atoms with E-state index in [4.69, 9.17) is 0 Å². The van der Waals surface area contributed by atoms with Crippen LogP contribution in [0.3, 0.4) is 0 Å². The second-order valence-electron chi connectivity index (χ2n) is 9.39. The molecule has 1 aromatic carbocycles. The number of amides is 1. The first kappa shape index (κ1) is 22.2. The number of rotatable bonds is 6. The summed E-state index contributed by atoms with van der Waals surface area (Å²) in [6, 6.07) is 8.62. The number of aromatic nitrogens is 1. The van der Waals surface area contributed by atoms with Crippen molar-refractivity contribution in [1.29, 1.82) is 0 Å². The number of carbonyl (C=O) groups is 1. The Bertz CT molecular complexity index is 1030. The standard InChI is InChI=1S/C25H29F3N4O/c26-25(27,28)19-8-5-12-29-22(19)32-16-14-31(15-17-32)13-2-1-10-24-11-4-7-18-6-3-9-20(21(18)24)30-23(24)33/h3,5-6,8-9,12H,1-2,4,7,10-11,13-17H2,(H,30,33). The Labute approximate surface area is 192 Å². The zero-order chi connectivity index (χ0) is 23.1. The summed E-state index contributed by atoms with van der Waals surface area (Å²) in [6.07, 6.45) is 2.80. The van der Waals surface area contributed by atoms with E-state index >= 15 is 0 Å². The van der Waals surface area contributed by atoms with E-state index in [1.54, 1.807) is 4.90 Å². The van der Waals surface area contributed by atoms with Crippen LogP contribution in [0, 0.1) is 0 Å². The predicted octanol–water partition coefficient (Wildman–Crippen LogP) is 4.62. The van der Waals surface area contributed by atoms with Crippen molar-refractivity contribution >= 4 is 17.4 Å². The van der Waals surface area contributed by atoms with Crippen molar-refractivity contribution in [2.45, 2.75) is 50.1 Å². The lowest BCUT2D eigenvalue weighted by Crippen LogP contribution is -2.47. The van der Waals surface area contributed by atoms with Gasteiger partial charge < -0.3 is 10.2 Å². The second-order valence-corrected chi connectivity index (χ2v) is 9.39. The minimum Gasteiger partial charge on any atom is -0.354 e. The van der Waals surface area contributed by atoms with E-state index in [1.165, 1.54) is 23.4 Å². The highest BCUT2D eigenvalue weighted by Crippen LogP contribution is 2.49. The number of pyridine rings is 1. The van der Waals surface area contributed by atoms with Gasteiger partial charge in [-0.05, 0) is 68.0 Å². The molecular weight excluding hydrogens is 429 g/mol. The van der Waals surface area contributed by atoms with Crippen molar-refractivity contribution in [2.24, 2.45) is 0 Å². The quantitative estimate of drug-likeness (QED) is 0.642. The number of alkyl halides is 3. The second kappa shape index (κ2) is 8.63. The summed E-state index contributed by atoms with van der Waals surface area (Å²) in [6.45, 7) is 3.39. The average molecular weight is 459 g/mol. The molecule has 2 aromatic rings. The number of hydrogen-bond acceptors (Lipinski definition) is 4. The number of hydrogen-bond donors (Lipinski definition) is 1. The molecule has 1 N–H and O–H groups in total. The van der Waals surface area contributed by atoms with Crippen molar-refractivity contribution in [3.63, 3.8) is 0 Å². The maximum Gasteiger partial charge on any atom is 0.419 e. The maximum absolute atomic E-state index is 13.3. The predicted molar refractivity (Wildman–Crippen MR) is 121 cm³/mol. The molecule has 2 aliphatic heterocycles. The summed E-state index contributed by atoms with van der Waals surface area (Å²) in [4.78, 5) is 21.0. The van der Waals surface area contributed by atoms with Gasteiger partial charge in [0.2, 0.25) is 5.91 Å². The van der Waals surface area contributed by atoms with Crippen LogP contribution in [0.2, 0.25) is 0 Å². The molecule has 0 spiro atoms. The van der Waals surface area contributed by atoms with Crippen LogP contribution in [0.25, 0.3) is 0 Å². The number of carbonyl (C=O) groups excluding carboxylic acids is 1. The van der Waals surface area contributed by atoms with Crippen LogP contribution >= 0.6 is 0 Å². The van der Waals surface area contributed by atoms with E-state index in [1.807, 2.05) is 12.1 Å². The van der Waals surface area contributed by atoms with Gasteiger partial charge in [-0.25, -0.2) is 4.98 Å². The molecule has 3 aliphatic rings. The normalized spacial score (nSPS) is 22.9. The van der Waals surface area contributed by atoms with Crippen molar-refractivity contribution in [1.82, 2.24) is 9.88 Å². The van der Waals surface area contributed by atoms with Crippen LogP contribution < -0.4 is 10.2 Å². The first-order valence-corrected chi connectivity index (χ1v) is 11.8. The number of nitrogens with zero attached hydrogens (tertiary/aromatic N) is 3. The molecule has 1 saturated heterocycles. The number of unbranched alkanes of at least 4 members (excludes halogenated alkanes) is 1. The Morgan fingerprint density at radius 3 is 2.67 bits per heavy atom. The summed E-state index contributed by atoms with van der Waals surface area (Å²) in [5.41, 5.74) is 2.47. The molecule has 0 bridgehead atoms. The van der Waals surface area contributed by atoms with Crippen molar-refractivity contribution in [3.8, 4) is 0 Å². The monoisotopic (exact) mass is 458 g/mol. The minimum absolute atomic E-state index is 0.0303. The van der Waals surface area contributed by atoms with Gasteiger partial charge in [0, 0.05) is 38.1 Å². The average Bonchev–Trinajstić information content (AvgIpc) is 3.10. The molecule has 1 amide bonds. The summed E-state index contributed by atoms with van der Waals surface area (Å²) in [7, 11) is 0. The molecule has 0 radical (unpaired) electrons. The molecule has 33 heavy (non-hydrogen) atoms. The minimum atomic E-state index is -4.40. The molecule has 1 unspecified atom stereocenters. The van der Waals surface area contributed by atoms with Gasteiger partial charge in [-0.1, -0.05) is 18.6 Å². The van der Waals surface area contributed by atoms with Gasteiger partial charge in [0.25, 0.3) is 0 Å².